The summed E-state index contributed by atoms with van der Waals surface area (Å²) in [6.45, 7) is 0. The highest BCUT2D eigenvalue weighted by Crippen LogP contribution is 2.37. The largest absolute Gasteiger partial charge is 0.488 e. The lowest BCUT2D eigenvalue weighted by molar-refractivity contribution is -0.144. The summed E-state index contributed by atoms with van der Waals surface area (Å²) in [4.78, 5) is 44.3. The van der Waals surface area contributed by atoms with Crippen molar-refractivity contribution in [1.82, 2.24) is 5.32 Å². The van der Waals surface area contributed by atoms with Gasteiger partial charge in [-0.25, -0.2) is 4.99 Å². The first-order valence-corrected chi connectivity index (χ1v) is 13.6. The molecule has 2 aliphatic rings. The van der Waals surface area contributed by atoms with E-state index >= 15 is 0 Å². The van der Waals surface area contributed by atoms with Crippen LogP contribution >= 0.6 is 0 Å². The van der Waals surface area contributed by atoms with Gasteiger partial charge in [0.15, 0.2) is 0 Å². The minimum absolute atomic E-state index is 0.0300. The molecule has 0 saturated heterocycles. The number of para-hydroxylation sites is 1. The van der Waals surface area contributed by atoms with Crippen LogP contribution in [0.4, 0.5) is 18.9 Å². The van der Waals surface area contributed by atoms with Crippen molar-refractivity contribution in [1.29, 1.82) is 0 Å². The van der Waals surface area contributed by atoms with Crippen molar-refractivity contribution in [3.05, 3.63) is 95.6 Å². The Morgan fingerprint density at radius 2 is 1.67 bits per heavy atom. The van der Waals surface area contributed by atoms with Gasteiger partial charge < -0.3 is 21.1 Å². The summed E-state index contributed by atoms with van der Waals surface area (Å²) in [6.07, 6.45) is -6.36. The van der Waals surface area contributed by atoms with Gasteiger partial charge in [-0.2, -0.15) is 13.2 Å². The van der Waals surface area contributed by atoms with E-state index in [1.54, 1.807) is 60.7 Å². The number of alkyl halides is 3. The molecule has 1 aliphatic carbocycles. The second-order valence-electron chi connectivity index (χ2n) is 10.3. The molecular formula is C31H29F3N4O4. The number of amides is 3. The fraction of sp³-hybridized carbons (Fsp3) is 0.290. The first-order valence-electron chi connectivity index (χ1n) is 13.6. The van der Waals surface area contributed by atoms with E-state index in [9.17, 15) is 27.6 Å². The lowest BCUT2D eigenvalue weighted by Crippen LogP contribution is -2.47. The maximum absolute atomic E-state index is 13.7. The normalized spacial score (nSPS) is 18.0. The summed E-state index contributed by atoms with van der Waals surface area (Å²) in [5.41, 5.74) is 7.87. The molecule has 0 unspecified atom stereocenters. The molecule has 3 aromatic carbocycles. The van der Waals surface area contributed by atoms with Gasteiger partial charge in [0.05, 0.1) is 29.3 Å². The molecule has 42 heavy (non-hydrogen) atoms. The van der Waals surface area contributed by atoms with E-state index < -0.39 is 54.7 Å². The van der Waals surface area contributed by atoms with E-state index in [0.29, 0.717) is 33.8 Å². The van der Waals surface area contributed by atoms with E-state index in [4.69, 9.17) is 10.5 Å². The van der Waals surface area contributed by atoms with Crippen molar-refractivity contribution in [2.45, 2.75) is 50.0 Å². The molecule has 1 fully saturated rings. The van der Waals surface area contributed by atoms with Crippen molar-refractivity contribution in [3.8, 4) is 5.75 Å². The molecule has 1 aliphatic heterocycles. The Morgan fingerprint density at radius 1 is 1.00 bits per heavy atom. The Balaban J connectivity index is 1.51. The molecule has 4 N–H and O–H groups in total. The number of nitrogens with zero attached hydrogens (tertiary/aromatic N) is 1. The highest BCUT2D eigenvalue weighted by molar-refractivity contribution is 6.20. The van der Waals surface area contributed by atoms with Crippen molar-refractivity contribution in [2.24, 2.45) is 16.6 Å². The van der Waals surface area contributed by atoms with Gasteiger partial charge >= 0.3 is 6.18 Å². The molecule has 11 heteroatoms. The van der Waals surface area contributed by atoms with Crippen LogP contribution in [-0.2, 0) is 14.4 Å². The smallest absolute Gasteiger partial charge is 0.389 e. The zero-order valence-electron chi connectivity index (χ0n) is 22.4. The van der Waals surface area contributed by atoms with Crippen LogP contribution in [0.25, 0.3) is 0 Å². The lowest BCUT2D eigenvalue weighted by atomic mass is 9.81. The SMILES string of the molecule is NC(=O)[C@@H](c1ccccc1)[C@@H](CCC(F)(F)F)C(=O)N[C@H]1N=C(c2ccccc2)c2cccc(OC3CC3)c2NC1=O. The molecule has 5 rings (SSSR count). The number of hydrogen-bond donors (Lipinski definition) is 3. The zero-order chi connectivity index (χ0) is 29.9. The van der Waals surface area contributed by atoms with E-state index in [1.165, 1.54) is 12.1 Å². The number of hydrogen-bond acceptors (Lipinski definition) is 5. The highest BCUT2D eigenvalue weighted by Gasteiger charge is 2.39. The van der Waals surface area contributed by atoms with Crippen LogP contribution in [0.15, 0.2) is 83.9 Å². The third-order valence-corrected chi connectivity index (χ3v) is 7.12. The second kappa shape index (κ2) is 12.1. The van der Waals surface area contributed by atoms with Gasteiger partial charge in [0.2, 0.25) is 18.0 Å². The Morgan fingerprint density at radius 3 is 2.29 bits per heavy atom. The number of nitrogens with one attached hydrogen (secondary N) is 2. The molecule has 1 saturated carbocycles. The Hall–Kier alpha value is -4.67. The van der Waals surface area contributed by atoms with Crippen LogP contribution < -0.4 is 21.1 Å². The third kappa shape index (κ3) is 6.79. The van der Waals surface area contributed by atoms with Crippen LogP contribution in [0.5, 0.6) is 5.75 Å². The van der Waals surface area contributed by atoms with Crippen LogP contribution in [-0.4, -0.2) is 41.9 Å². The molecule has 0 spiro atoms. The number of anilines is 1. The van der Waals surface area contributed by atoms with Gasteiger partial charge in [-0.3, -0.25) is 14.4 Å². The number of rotatable bonds is 10. The average Bonchev–Trinajstić information content (AvgIpc) is 3.79. The van der Waals surface area contributed by atoms with Crippen LogP contribution in [0.3, 0.4) is 0 Å². The molecule has 0 aromatic heterocycles. The summed E-state index contributed by atoms with van der Waals surface area (Å²) >= 11 is 0. The number of carbonyl (C=O) groups excluding carboxylic acids is 3. The predicted molar refractivity (Wildman–Crippen MR) is 150 cm³/mol. The standard InChI is InChI=1S/C31H29F3N4O4/c32-31(33,34)17-16-21(24(27(35)39)18-8-3-1-4-9-18)29(40)38-28-30(41)37-26-22(12-7-13-23(26)42-20-14-15-20)25(36-28)19-10-5-2-6-11-19/h1-13,20-21,24,28H,14-17H2,(H2,35,39)(H,37,41)(H,38,40)/t21-,24+,28-/m1/s1. The molecule has 3 aromatic rings. The molecule has 1 heterocycles. The number of benzodiazepines with no additional fused rings is 1. The van der Waals surface area contributed by atoms with Crippen LogP contribution in [0.1, 0.15) is 48.3 Å². The molecule has 0 radical (unpaired) electrons. The summed E-state index contributed by atoms with van der Waals surface area (Å²) < 4.78 is 45.9. The maximum Gasteiger partial charge on any atom is 0.389 e. The predicted octanol–water partition coefficient (Wildman–Crippen LogP) is 4.69. The van der Waals surface area contributed by atoms with Crippen LogP contribution in [0.2, 0.25) is 0 Å². The van der Waals surface area contributed by atoms with E-state index in [-0.39, 0.29) is 6.10 Å². The van der Waals surface area contributed by atoms with Crippen LogP contribution in [0, 0.1) is 5.92 Å². The number of primary amides is 1. The minimum Gasteiger partial charge on any atom is -0.488 e. The first kappa shape index (κ1) is 28.8. The van der Waals surface area contributed by atoms with Crippen molar-refractivity contribution in [3.63, 3.8) is 0 Å². The average molecular weight is 579 g/mol. The number of benzene rings is 3. The minimum atomic E-state index is -4.59. The Kier molecular flexibility index (Phi) is 8.28. The van der Waals surface area contributed by atoms with Gasteiger partial charge in [-0.15, -0.1) is 0 Å². The molecule has 218 valence electrons. The van der Waals surface area contributed by atoms with E-state index in [2.05, 4.69) is 15.6 Å². The lowest BCUT2D eigenvalue weighted by Gasteiger charge is -2.26. The molecule has 8 nitrogen and oxygen atoms in total. The fourth-order valence-electron chi connectivity index (χ4n) is 4.96. The second-order valence-corrected chi connectivity index (χ2v) is 10.3. The number of fused-ring (bicyclic) bond motifs is 1. The van der Waals surface area contributed by atoms with Crippen molar-refractivity contribution < 1.29 is 32.3 Å². The zero-order valence-corrected chi connectivity index (χ0v) is 22.4. The summed E-state index contributed by atoms with van der Waals surface area (Å²) in [5, 5.41) is 5.30. The van der Waals surface area contributed by atoms with Crippen molar-refractivity contribution >= 4 is 29.1 Å². The first-order chi connectivity index (χ1) is 20.1. The van der Waals surface area contributed by atoms with E-state index in [0.717, 1.165) is 12.8 Å². The number of aliphatic imine (C=N–C) groups is 1. The molecular weight excluding hydrogens is 549 g/mol. The fourth-order valence-corrected chi connectivity index (χ4v) is 4.96. The van der Waals surface area contributed by atoms with Gasteiger partial charge in [0.1, 0.15) is 5.75 Å². The molecule has 3 amide bonds. The third-order valence-electron chi connectivity index (χ3n) is 7.12. The monoisotopic (exact) mass is 578 g/mol. The highest BCUT2D eigenvalue weighted by atomic mass is 19.4. The number of ether oxygens (including phenoxy) is 1. The maximum atomic E-state index is 13.7. The van der Waals surface area contributed by atoms with Gasteiger partial charge in [0, 0.05) is 17.5 Å². The summed E-state index contributed by atoms with van der Waals surface area (Å²) in [7, 11) is 0. The Bertz CT molecular complexity index is 1490. The van der Waals surface area contributed by atoms with Gasteiger partial charge in [-0.05, 0) is 30.9 Å². The summed E-state index contributed by atoms with van der Waals surface area (Å²) in [6, 6.07) is 22.1. The quantitative estimate of drug-likeness (QED) is 0.323. The molecule has 0 bridgehead atoms. The van der Waals surface area contributed by atoms with Gasteiger partial charge in [-0.1, -0.05) is 72.8 Å². The number of carbonyl (C=O) groups is 3. The van der Waals surface area contributed by atoms with Crippen molar-refractivity contribution in [2.75, 3.05) is 5.32 Å². The topological polar surface area (TPSA) is 123 Å². The summed E-state index contributed by atoms with van der Waals surface area (Å²) in [5.74, 6) is -5.07. The van der Waals surface area contributed by atoms with E-state index in [1.807, 2.05) is 6.07 Å². The molecule has 3 atom stereocenters. The number of nitrogens with two attached hydrogens (primary N) is 1. The van der Waals surface area contributed by atoms with Gasteiger partial charge in [0.25, 0.3) is 5.91 Å². The number of halogens is 3. The Labute approximate surface area is 240 Å².